The molecule has 1 saturated heterocycles. The van der Waals surface area contributed by atoms with Crippen LogP contribution in [0.1, 0.15) is 43.5 Å². The third-order valence-electron chi connectivity index (χ3n) is 7.31. The number of halogens is 1. The Morgan fingerprint density at radius 3 is 2.54 bits per heavy atom. The van der Waals surface area contributed by atoms with Crippen molar-refractivity contribution in [1.29, 1.82) is 0 Å². The van der Waals surface area contributed by atoms with Crippen molar-refractivity contribution in [2.45, 2.75) is 38.6 Å². The molecule has 0 aromatic heterocycles. The van der Waals surface area contributed by atoms with Crippen molar-refractivity contribution in [3.05, 3.63) is 34.9 Å². The molecular formula is C18H22ClN3O2. The zero-order valence-electron chi connectivity index (χ0n) is 13.9. The second-order valence-electron chi connectivity index (χ2n) is 7.95. The SMILES string of the molecule is C[C@@]12CC[C@@H]3C[C@@]1(C(N)=O)N(NC(=O)c1ccc(Cl)cc1)C[C@@]32C. The first-order chi connectivity index (χ1) is 11.2. The summed E-state index contributed by atoms with van der Waals surface area (Å²) in [4.78, 5) is 25.1. The first-order valence-electron chi connectivity index (χ1n) is 8.39. The molecule has 2 amide bonds. The van der Waals surface area contributed by atoms with Gasteiger partial charge in [-0.2, -0.15) is 0 Å². The summed E-state index contributed by atoms with van der Waals surface area (Å²) in [5.74, 6) is -0.0612. The van der Waals surface area contributed by atoms with Gasteiger partial charge in [0.25, 0.3) is 5.91 Å². The Morgan fingerprint density at radius 2 is 1.96 bits per heavy atom. The maximum absolute atomic E-state index is 12.6. The van der Waals surface area contributed by atoms with Crippen molar-refractivity contribution >= 4 is 23.4 Å². The summed E-state index contributed by atoms with van der Waals surface area (Å²) in [7, 11) is 0. The number of hydrogen-bond donors (Lipinski definition) is 2. The molecule has 1 aliphatic heterocycles. The van der Waals surface area contributed by atoms with Gasteiger partial charge in [-0.05, 0) is 54.9 Å². The second-order valence-corrected chi connectivity index (χ2v) is 8.38. The molecule has 3 aliphatic rings. The van der Waals surface area contributed by atoms with Gasteiger partial charge in [-0.15, -0.1) is 0 Å². The van der Waals surface area contributed by atoms with Crippen LogP contribution in [0.4, 0.5) is 0 Å². The van der Waals surface area contributed by atoms with Crippen molar-refractivity contribution in [3.8, 4) is 0 Å². The smallest absolute Gasteiger partial charge is 0.265 e. The Hall–Kier alpha value is -1.59. The van der Waals surface area contributed by atoms with Crippen LogP contribution in [0.3, 0.4) is 0 Å². The molecule has 2 aliphatic carbocycles. The Kier molecular flexibility index (Phi) is 3.14. The van der Waals surface area contributed by atoms with Crippen LogP contribution >= 0.6 is 11.6 Å². The van der Waals surface area contributed by atoms with Crippen LogP contribution in [0.25, 0.3) is 0 Å². The van der Waals surface area contributed by atoms with Crippen LogP contribution in [0.2, 0.25) is 5.02 Å². The van der Waals surface area contributed by atoms with E-state index in [4.69, 9.17) is 17.3 Å². The van der Waals surface area contributed by atoms with Gasteiger partial charge in [0.1, 0.15) is 5.54 Å². The number of hydrogen-bond acceptors (Lipinski definition) is 3. The lowest BCUT2D eigenvalue weighted by molar-refractivity contribution is -0.137. The number of primary amides is 1. The number of piperidine rings is 1. The summed E-state index contributed by atoms with van der Waals surface area (Å²) >= 11 is 5.88. The minimum absolute atomic E-state index is 0.00923. The van der Waals surface area contributed by atoms with E-state index in [0.29, 0.717) is 23.0 Å². The van der Waals surface area contributed by atoms with E-state index in [1.807, 2.05) is 5.01 Å². The molecule has 4 rings (SSSR count). The van der Waals surface area contributed by atoms with Gasteiger partial charge in [0.15, 0.2) is 0 Å². The fourth-order valence-electron chi connectivity index (χ4n) is 5.71. The summed E-state index contributed by atoms with van der Waals surface area (Å²) < 4.78 is 0. The zero-order valence-corrected chi connectivity index (χ0v) is 14.7. The van der Waals surface area contributed by atoms with Crippen LogP contribution in [-0.2, 0) is 4.79 Å². The maximum Gasteiger partial charge on any atom is 0.265 e. The molecule has 4 bridgehead atoms. The molecule has 0 unspecified atom stereocenters. The van der Waals surface area contributed by atoms with Gasteiger partial charge in [-0.1, -0.05) is 25.4 Å². The monoisotopic (exact) mass is 347 g/mol. The third-order valence-corrected chi connectivity index (χ3v) is 7.56. The maximum atomic E-state index is 12.6. The fourth-order valence-corrected chi connectivity index (χ4v) is 5.84. The molecule has 3 fully saturated rings. The Balaban J connectivity index is 1.66. The molecule has 4 atom stereocenters. The lowest BCUT2D eigenvalue weighted by Gasteiger charge is -2.45. The second kappa shape index (κ2) is 4.73. The van der Waals surface area contributed by atoms with E-state index in [1.165, 1.54) is 0 Å². The molecule has 0 radical (unpaired) electrons. The zero-order chi connectivity index (χ0) is 17.3. The number of hydrazine groups is 1. The fraction of sp³-hybridized carbons (Fsp3) is 0.556. The lowest BCUT2D eigenvalue weighted by atomic mass is 9.65. The molecule has 1 aromatic rings. The van der Waals surface area contributed by atoms with E-state index in [0.717, 1.165) is 19.3 Å². The molecule has 5 nitrogen and oxygen atoms in total. The number of benzene rings is 1. The number of nitrogens with one attached hydrogen (secondary N) is 1. The van der Waals surface area contributed by atoms with Crippen molar-refractivity contribution in [2.75, 3.05) is 6.54 Å². The van der Waals surface area contributed by atoms with Gasteiger partial charge in [0, 0.05) is 22.5 Å². The molecule has 2 saturated carbocycles. The average Bonchev–Trinajstić information content (AvgIpc) is 2.97. The number of carbonyl (C=O) groups is 2. The molecule has 3 N–H and O–H groups in total. The van der Waals surface area contributed by atoms with E-state index < -0.39 is 5.54 Å². The van der Waals surface area contributed by atoms with Gasteiger partial charge in [0.2, 0.25) is 5.91 Å². The van der Waals surface area contributed by atoms with Crippen LogP contribution in [0, 0.1) is 16.7 Å². The molecule has 6 heteroatoms. The normalized spacial score (nSPS) is 40.0. The highest BCUT2D eigenvalue weighted by molar-refractivity contribution is 6.30. The van der Waals surface area contributed by atoms with Crippen molar-refractivity contribution in [2.24, 2.45) is 22.5 Å². The quantitative estimate of drug-likeness (QED) is 0.881. The molecule has 1 heterocycles. The minimum Gasteiger partial charge on any atom is -0.368 e. The Bertz CT molecular complexity index is 736. The van der Waals surface area contributed by atoms with Gasteiger partial charge in [-0.3, -0.25) is 15.0 Å². The Morgan fingerprint density at radius 1 is 1.29 bits per heavy atom. The van der Waals surface area contributed by atoms with E-state index in [9.17, 15) is 9.59 Å². The summed E-state index contributed by atoms with van der Waals surface area (Å²) in [6, 6.07) is 6.72. The lowest BCUT2D eigenvalue weighted by Crippen LogP contribution is -2.66. The van der Waals surface area contributed by atoms with Gasteiger partial charge < -0.3 is 5.73 Å². The first-order valence-corrected chi connectivity index (χ1v) is 8.76. The highest BCUT2D eigenvalue weighted by Gasteiger charge is 2.80. The van der Waals surface area contributed by atoms with E-state index in [-0.39, 0.29) is 22.6 Å². The highest BCUT2D eigenvalue weighted by atomic mass is 35.5. The Labute approximate surface area is 146 Å². The van der Waals surface area contributed by atoms with Crippen LogP contribution in [0.15, 0.2) is 24.3 Å². The van der Waals surface area contributed by atoms with E-state index in [2.05, 4.69) is 19.3 Å². The largest absolute Gasteiger partial charge is 0.368 e. The number of nitrogens with two attached hydrogens (primary N) is 1. The molecule has 0 spiro atoms. The summed E-state index contributed by atoms with van der Waals surface area (Å²) in [5, 5.41) is 2.40. The van der Waals surface area contributed by atoms with Crippen molar-refractivity contribution < 1.29 is 9.59 Å². The first kappa shape index (κ1) is 15.9. The molecular weight excluding hydrogens is 326 g/mol. The number of carbonyl (C=O) groups excluding carboxylic acids is 2. The number of rotatable bonds is 3. The molecule has 1 aromatic carbocycles. The van der Waals surface area contributed by atoms with E-state index >= 15 is 0 Å². The molecule has 128 valence electrons. The third kappa shape index (κ3) is 1.64. The van der Waals surface area contributed by atoms with Gasteiger partial charge >= 0.3 is 0 Å². The highest BCUT2D eigenvalue weighted by Crippen LogP contribution is 2.75. The van der Waals surface area contributed by atoms with Gasteiger partial charge in [0.05, 0.1) is 0 Å². The number of nitrogens with zero attached hydrogens (tertiary/aromatic N) is 1. The minimum atomic E-state index is -0.785. The average molecular weight is 348 g/mol. The molecule has 24 heavy (non-hydrogen) atoms. The predicted molar refractivity (Wildman–Crippen MR) is 91.1 cm³/mol. The van der Waals surface area contributed by atoms with Crippen LogP contribution < -0.4 is 11.2 Å². The van der Waals surface area contributed by atoms with Crippen molar-refractivity contribution in [1.82, 2.24) is 10.4 Å². The summed E-state index contributed by atoms with van der Waals surface area (Å²) in [6.45, 7) is 5.07. The standard InChI is InChI=1S/C18H22ClN3O2/c1-16-10-22(21-14(23)11-3-5-13(19)6-4-11)18(15(20)24)9-12(16)7-8-17(16,18)2/h3-6,12H,7-10H2,1-2H3,(H2,20,24)(H,21,23)/t12-,16+,17+,18+/m1/s1. The summed E-state index contributed by atoms with van der Waals surface area (Å²) in [5.41, 5.74) is 8.38. The number of amides is 2. The van der Waals surface area contributed by atoms with Gasteiger partial charge in [-0.25, -0.2) is 5.01 Å². The van der Waals surface area contributed by atoms with E-state index in [1.54, 1.807) is 24.3 Å². The summed E-state index contributed by atoms with van der Waals surface area (Å²) in [6.07, 6.45) is 2.85. The van der Waals surface area contributed by atoms with Crippen molar-refractivity contribution in [3.63, 3.8) is 0 Å². The topological polar surface area (TPSA) is 75.4 Å². The predicted octanol–water partition coefficient (Wildman–Crippen LogP) is 2.35. The van der Waals surface area contributed by atoms with Crippen LogP contribution in [-0.4, -0.2) is 28.9 Å². The van der Waals surface area contributed by atoms with Crippen LogP contribution in [0.5, 0.6) is 0 Å².